The molecule has 0 heterocycles. The Balaban J connectivity index is 3.74. The summed E-state index contributed by atoms with van der Waals surface area (Å²) in [5.74, 6) is 0. The maximum absolute atomic E-state index is 5.49. The van der Waals surface area contributed by atoms with E-state index >= 15 is 0 Å². The molecule has 0 aromatic heterocycles. The van der Waals surface area contributed by atoms with Crippen LogP contribution in [0.1, 0.15) is 0 Å². The van der Waals surface area contributed by atoms with Crippen LogP contribution in [-0.4, -0.2) is 48.5 Å². The van der Waals surface area contributed by atoms with Crippen LogP contribution in [0.2, 0.25) is 24.4 Å². The molecule has 0 fully saturated rings. The predicted molar refractivity (Wildman–Crippen MR) is 59.6 cm³/mol. The minimum atomic E-state index is -0.666. The first kappa shape index (κ1) is 13.5. The van der Waals surface area contributed by atoms with Crippen LogP contribution in [0, 0.1) is 0 Å². The second kappa shape index (κ2) is 7.89. The molecular weight excluding hydrogens is 216 g/mol. The smallest absolute Gasteiger partial charge is 0.209 e. The Kier molecular flexibility index (Phi) is 8.21. The molecule has 0 saturated carbocycles. The molecular formula is C7H19O3Si3. The van der Waals surface area contributed by atoms with Gasteiger partial charge in [0, 0.05) is 21.3 Å². The average Bonchev–Trinajstić information content (AvgIpc) is 2.16. The van der Waals surface area contributed by atoms with Crippen molar-refractivity contribution in [3.05, 3.63) is 0 Å². The van der Waals surface area contributed by atoms with Gasteiger partial charge in [0.1, 0.15) is 0 Å². The van der Waals surface area contributed by atoms with Crippen molar-refractivity contribution in [3.8, 4) is 0 Å². The molecule has 0 aliphatic carbocycles. The highest BCUT2D eigenvalue weighted by atomic mass is 28.4. The molecule has 0 aromatic rings. The highest BCUT2D eigenvalue weighted by molar-refractivity contribution is 6.78. The molecule has 0 saturated heterocycles. The summed E-state index contributed by atoms with van der Waals surface area (Å²) in [5.41, 5.74) is 2.29. The summed E-state index contributed by atoms with van der Waals surface area (Å²) in [6, 6.07) is 0. The highest BCUT2D eigenvalue weighted by Crippen LogP contribution is 2.07. The fraction of sp³-hybridized carbons (Fsp3) is 1.00. The van der Waals surface area contributed by atoms with E-state index in [2.05, 4.69) is 13.1 Å². The van der Waals surface area contributed by atoms with Crippen molar-refractivity contribution in [2.75, 3.05) is 21.3 Å². The topological polar surface area (TPSA) is 27.7 Å². The predicted octanol–water partition coefficient (Wildman–Crippen LogP) is 1.24. The fourth-order valence-corrected chi connectivity index (χ4v) is 9.28. The highest BCUT2D eigenvalue weighted by Gasteiger charge is 2.21. The molecule has 13 heavy (non-hydrogen) atoms. The lowest BCUT2D eigenvalue weighted by atomic mass is 11.8. The molecule has 0 unspecified atom stereocenters. The Morgan fingerprint density at radius 3 is 1.38 bits per heavy atom. The Hall–Kier alpha value is 0.531. The quantitative estimate of drug-likeness (QED) is 0.622. The summed E-state index contributed by atoms with van der Waals surface area (Å²) in [5, 5.41) is 0. The lowest BCUT2D eigenvalue weighted by Crippen LogP contribution is -2.30. The first-order valence-electron chi connectivity index (χ1n) is 4.25. The lowest BCUT2D eigenvalue weighted by molar-refractivity contribution is 0.402. The van der Waals surface area contributed by atoms with E-state index in [1.165, 1.54) is 0 Å². The summed E-state index contributed by atoms with van der Waals surface area (Å²) in [7, 11) is 3.50. The molecule has 3 nitrogen and oxygen atoms in total. The van der Waals surface area contributed by atoms with Crippen molar-refractivity contribution in [1.82, 2.24) is 0 Å². The van der Waals surface area contributed by atoms with Crippen molar-refractivity contribution in [2.45, 2.75) is 24.4 Å². The van der Waals surface area contributed by atoms with Crippen LogP contribution in [0.3, 0.4) is 0 Å². The maximum Gasteiger partial charge on any atom is 0.209 e. The number of hydrogen-bond donors (Lipinski definition) is 0. The standard InChI is InChI=1S/C7H19O3Si3/c1-8-11(4)6-13(10-3)7-12(5)9-2/h6-7H2,1-5H3. The van der Waals surface area contributed by atoms with E-state index in [1.807, 2.05) is 7.11 Å². The van der Waals surface area contributed by atoms with Gasteiger partial charge in [-0.1, -0.05) is 0 Å². The Bertz CT molecular complexity index is 114. The monoisotopic (exact) mass is 235 g/mol. The van der Waals surface area contributed by atoms with Gasteiger partial charge in [0.15, 0.2) is 0 Å². The van der Waals surface area contributed by atoms with Crippen LogP contribution in [0.4, 0.5) is 0 Å². The molecule has 0 aliphatic rings. The molecule has 0 N–H and O–H groups in total. The average molecular weight is 235 g/mol. The minimum absolute atomic E-state index is 0.612. The van der Waals surface area contributed by atoms with Crippen molar-refractivity contribution >= 4 is 27.1 Å². The van der Waals surface area contributed by atoms with Crippen LogP contribution < -0.4 is 0 Å². The minimum Gasteiger partial charge on any atom is -0.420 e. The molecule has 0 atom stereocenters. The number of rotatable bonds is 7. The molecule has 0 spiro atoms. The van der Waals surface area contributed by atoms with Gasteiger partial charge < -0.3 is 13.3 Å². The summed E-state index contributed by atoms with van der Waals surface area (Å²) >= 11 is 0. The van der Waals surface area contributed by atoms with Gasteiger partial charge >= 0.3 is 0 Å². The van der Waals surface area contributed by atoms with Gasteiger partial charge in [-0.2, -0.15) is 0 Å². The Morgan fingerprint density at radius 1 is 0.769 bits per heavy atom. The van der Waals surface area contributed by atoms with Gasteiger partial charge in [0.25, 0.3) is 0 Å². The zero-order chi connectivity index (χ0) is 10.3. The van der Waals surface area contributed by atoms with Crippen molar-refractivity contribution < 1.29 is 13.3 Å². The van der Waals surface area contributed by atoms with E-state index < -0.39 is 27.1 Å². The fourth-order valence-electron chi connectivity index (χ4n) is 0.907. The molecule has 0 rings (SSSR count). The number of hydrogen-bond acceptors (Lipinski definition) is 3. The Morgan fingerprint density at radius 2 is 1.15 bits per heavy atom. The molecule has 77 valence electrons. The Labute approximate surface area is 86.6 Å². The molecule has 6 heteroatoms. The van der Waals surface area contributed by atoms with E-state index in [0.717, 1.165) is 11.3 Å². The summed E-state index contributed by atoms with van der Waals surface area (Å²) in [4.78, 5) is 0. The van der Waals surface area contributed by atoms with Gasteiger partial charge in [0.05, 0.1) is 0 Å². The zero-order valence-corrected chi connectivity index (χ0v) is 12.1. The van der Waals surface area contributed by atoms with Crippen LogP contribution in [0.15, 0.2) is 0 Å². The van der Waals surface area contributed by atoms with Crippen LogP contribution in [-0.2, 0) is 13.3 Å². The van der Waals surface area contributed by atoms with E-state index in [0.29, 0.717) is 0 Å². The molecule has 0 amide bonds. The van der Waals surface area contributed by atoms with E-state index in [9.17, 15) is 0 Å². The van der Waals surface area contributed by atoms with Gasteiger partial charge in [-0.25, -0.2) is 0 Å². The van der Waals surface area contributed by atoms with Crippen LogP contribution in [0.25, 0.3) is 0 Å². The lowest BCUT2D eigenvalue weighted by Gasteiger charge is -2.16. The summed E-state index contributed by atoms with van der Waals surface area (Å²) in [6.07, 6.45) is 0. The van der Waals surface area contributed by atoms with Crippen LogP contribution >= 0.6 is 0 Å². The van der Waals surface area contributed by atoms with Crippen LogP contribution in [0.5, 0.6) is 0 Å². The second-order valence-corrected chi connectivity index (χ2v) is 10.8. The second-order valence-electron chi connectivity index (χ2n) is 2.91. The van der Waals surface area contributed by atoms with E-state index in [1.54, 1.807) is 14.2 Å². The first-order chi connectivity index (χ1) is 6.13. The van der Waals surface area contributed by atoms with Crippen molar-refractivity contribution in [2.24, 2.45) is 0 Å². The first-order valence-corrected chi connectivity index (χ1v) is 10.3. The maximum atomic E-state index is 5.49. The zero-order valence-electron chi connectivity index (χ0n) is 9.14. The summed E-state index contributed by atoms with van der Waals surface area (Å²) < 4.78 is 16.1. The molecule has 3 radical (unpaired) electrons. The van der Waals surface area contributed by atoms with Gasteiger partial charge in [0.2, 0.25) is 27.1 Å². The van der Waals surface area contributed by atoms with E-state index in [4.69, 9.17) is 13.3 Å². The SMILES string of the molecule is CO[Si](C)C[Si](C[Si](C)OC)OC. The molecule has 0 aromatic carbocycles. The molecule has 0 aliphatic heterocycles. The van der Waals surface area contributed by atoms with Gasteiger partial charge in [-0.3, -0.25) is 0 Å². The molecule has 0 bridgehead atoms. The third kappa shape index (κ3) is 6.58. The van der Waals surface area contributed by atoms with E-state index in [-0.39, 0.29) is 0 Å². The largest absolute Gasteiger partial charge is 0.420 e. The normalized spacial score (nSPS) is 12.0. The summed E-state index contributed by atoms with van der Waals surface area (Å²) in [6.45, 7) is 4.37. The third-order valence-corrected chi connectivity index (χ3v) is 11.0. The van der Waals surface area contributed by atoms with Crippen molar-refractivity contribution in [1.29, 1.82) is 0 Å². The third-order valence-electron chi connectivity index (χ3n) is 1.88. The van der Waals surface area contributed by atoms with Gasteiger partial charge in [-0.05, 0) is 24.4 Å². The van der Waals surface area contributed by atoms with Crippen molar-refractivity contribution in [3.63, 3.8) is 0 Å². The van der Waals surface area contributed by atoms with Gasteiger partial charge in [-0.15, -0.1) is 0 Å².